The van der Waals surface area contributed by atoms with E-state index in [-0.39, 0.29) is 11.8 Å². The minimum Gasteiger partial charge on any atom is -0.467 e. The molecule has 0 spiro atoms. The molecule has 112 valence electrons. The molecular weight excluding hydrogens is 257 g/mol. The Morgan fingerprint density at radius 2 is 2.15 bits per heavy atom. The molecule has 2 atom stereocenters. The molecule has 4 heteroatoms. The second-order valence-corrected chi connectivity index (χ2v) is 5.28. The van der Waals surface area contributed by atoms with Crippen LogP contribution in [0.15, 0.2) is 24.3 Å². The summed E-state index contributed by atoms with van der Waals surface area (Å²) in [6.45, 7) is 6.12. The zero-order chi connectivity index (χ0) is 15.2. The fourth-order valence-electron chi connectivity index (χ4n) is 2.34. The number of halogens is 1. The molecule has 0 saturated heterocycles. The topological polar surface area (TPSA) is 38.3 Å². The van der Waals surface area contributed by atoms with Crippen LogP contribution in [0.5, 0.6) is 0 Å². The van der Waals surface area contributed by atoms with Gasteiger partial charge < -0.3 is 10.1 Å². The predicted octanol–water partition coefficient (Wildman–Crippen LogP) is 4.00. The van der Waals surface area contributed by atoms with Gasteiger partial charge in [-0.25, -0.2) is 9.18 Å². The van der Waals surface area contributed by atoms with Crippen LogP contribution in [-0.2, 0) is 9.53 Å². The van der Waals surface area contributed by atoms with E-state index < -0.39 is 5.54 Å². The van der Waals surface area contributed by atoms with E-state index in [0.717, 1.165) is 6.42 Å². The molecule has 0 aliphatic carbocycles. The van der Waals surface area contributed by atoms with Crippen LogP contribution in [0.3, 0.4) is 0 Å². The molecule has 0 aliphatic rings. The molecular formula is C16H24FNO2. The number of hydrogen-bond donors (Lipinski definition) is 1. The van der Waals surface area contributed by atoms with E-state index in [1.807, 2.05) is 6.92 Å². The smallest absolute Gasteiger partial charge is 0.331 e. The van der Waals surface area contributed by atoms with Crippen molar-refractivity contribution in [2.24, 2.45) is 5.92 Å². The number of benzene rings is 1. The van der Waals surface area contributed by atoms with Gasteiger partial charge in [0, 0.05) is 5.69 Å². The van der Waals surface area contributed by atoms with Crippen molar-refractivity contribution < 1.29 is 13.9 Å². The lowest BCUT2D eigenvalue weighted by Crippen LogP contribution is -2.48. The Morgan fingerprint density at radius 1 is 1.45 bits per heavy atom. The fraction of sp³-hybridized carbons (Fsp3) is 0.562. The average molecular weight is 281 g/mol. The van der Waals surface area contributed by atoms with Crippen LogP contribution in [-0.4, -0.2) is 18.6 Å². The van der Waals surface area contributed by atoms with Gasteiger partial charge in [0.15, 0.2) is 0 Å². The summed E-state index contributed by atoms with van der Waals surface area (Å²) in [5.74, 6) is -0.256. The van der Waals surface area contributed by atoms with E-state index in [0.29, 0.717) is 24.4 Å². The predicted molar refractivity (Wildman–Crippen MR) is 79.1 cm³/mol. The van der Waals surface area contributed by atoms with E-state index >= 15 is 0 Å². The normalized spacial score (nSPS) is 15.2. The molecule has 0 aliphatic heterocycles. The first-order valence-corrected chi connectivity index (χ1v) is 7.09. The molecule has 0 amide bonds. The molecule has 2 unspecified atom stereocenters. The summed E-state index contributed by atoms with van der Waals surface area (Å²) >= 11 is 0. The van der Waals surface area contributed by atoms with Gasteiger partial charge in [-0.2, -0.15) is 0 Å². The number of carbonyl (C=O) groups is 1. The summed E-state index contributed by atoms with van der Waals surface area (Å²) in [6, 6.07) is 6.15. The average Bonchev–Trinajstić information content (AvgIpc) is 2.45. The van der Waals surface area contributed by atoms with E-state index in [9.17, 15) is 9.18 Å². The van der Waals surface area contributed by atoms with Crippen LogP contribution in [0.25, 0.3) is 0 Å². The summed E-state index contributed by atoms with van der Waals surface area (Å²) < 4.78 is 18.3. The van der Waals surface area contributed by atoms with Crippen molar-refractivity contribution in [3.05, 3.63) is 30.1 Å². The zero-order valence-electron chi connectivity index (χ0n) is 12.7. The van der Waals surface area contributed by atoms with Crippen molar-refractivity contribution in [2.45, 2.75) is 45.6 Å². The Balaban J connectivity index is 3.05. The highest BCUT2D eigenvalue weighted by atomic mass is 19.1. The molecule has 1 aromatic rings. The number of nitrogens with one attached hydrogen (secondary N) is 1. The summed E-state index contributed by atoms with van der Waals surface area (Å²) in [6.07, 6.45) is 2.22. The van der Waals surface area contributed by atoms with Gasteiger partial charge >= 0.3 is 5.97 Å². The van der Waals surface area contributed by atoms with E-state index in [1.165, 1.54) is 19.2 Å². The second kappa shape index (κ2) is 7.27. The number of hydrogen-bond acceptors (Lipinski definition) is 3. The van der Waals surface area contributed by atoms with Gasteiger partial charge in [0.25, 0.3) is 0 Å². The van der Waals surface area contributed by atoms with Crippen molar-refractivity contribution in [2.75, 3.05) is 12.4 Å². The van der Waals surface area contributed by atoms with E-state index in [2.05, 4.69) is 19.2 Å². The zero-order valence-corrected chi connectivity index (χ0v) is 12.7. The Bertz CT molecular complexity index is 450. The maximum atomic E-state index is 13.3. The van der Waals surface area contributed by atoms with Gasteiger partial charge in [-0.15, -0.1) is 0 Å². The standard InChI is InChI=1S/C16H24FNO2/c1-5-12(3)11-16(6-2,15(19)20-4)18-14-9-7-8-13(17)10-14/h7-10,12,18H,5-6,11H2,1-4H3. The van der Waals surface area contributed by atoms with E-state index in [4.69, 9.17) is 4.74 Å². The summed E-state index contributed by atoms with van der Waals surface area (Å²) in [5, 5.41) is 3.18. The number of ether oxygens (including phenoxy) is 1. The first kappa shape index (κ1) is 16.5. The lowest BCUT2D eigenvalue weighted by Gasteiger charge is -2.34. The summed E-state index contributed by atoms with van der Waals surface area (Å²) in [4.78, 5) is 12.2. The number of methoxy groups -OCH3 is 1. The lowest BCUT2D eigenvalue weighted by molar-refractivity contribution is -0.146. The highest BCUT2D eigenvalue weighted by Crippen LogP contribution is 2.29. The molecule has 0 heterocycles. The quantitative estimate of drug-likeness (QED) is 0.768. The molecule has 0 bridgehead atoms. The van der Waals surface area contributed by atoms with Crippen molar-refractivity contribution in [3.63, 3.8) is 0 Å². The third-order valence-corrected chi connectivity index (χ3v) is 3.78. The first-order chi connectivity index (χ1) is 9.47. The third-order valence-electron chi connectivity index (χ3n) is 3.78. The van der Waals surface area contributed by atoms with Gasteiger partial charge in [-0.3, -0.25) is 0 Å². The summed E-state index contributed by atoms with van der Waals surface area (Å²) in [5.41, 5.74) is -0.210. The van der Waals surface area contributed by atoms with Crippen LogP contribution in [0.2, 0.25) is 0 Å². The first-order valence-electron chi connectivity index (χ1n) is 7.09. The fourth-order valence-corrected chi connectivity index (χ4v) is 2.34. The van der Waals surface area contributed by atoms with Gasteiger partial charge in [-0.1, -0.05) is 33.3 Å². The number of rotatable bonds is 7. The van der Waals surface area contributed by atoms with Crippen LogP contribution < -0.4 is 5.32 Å². The van der Waals surface area contributed by atoms with Crippen molar-refractivity contribution in [3.8, 4) is 0 Å². The Labute approximate surface area is 120 Å². The van der Waals surface area contributed by atoms with Crippen molar-refractivity contribution in [1.29, 1.82) is 0 Å². The number of carbonyl (C=O) groups excluding carboxylic acids is 1. The summed E-state index contributed by atoms with van der Waals surface area (Å²) in [7, 11) is 1.39. The van der Waals surface area contributed by atoms with Crippen LogP contribution in [0.4, 0.5) is 10.1 Å². The van der Waals surface area contributed by atoms with Crippen LogP contribution in [0, 0.1) is 11.7 Å². The van der Waals surface area contributed by atoms with Crippen molar-refractivity contribution >= 4 is 11.7 Å². The monoisotopic (exact) mass is 281 g/mol. The largest absolute Gasteiger partial charge is 0.467 e. The molecule has 0 fully saturated rings. The molecule has 1 rings (SSSR count). The highest BCUT2D eigenvalue weighted by molar-refractivity contribution is 5.84. The minimum absolute atomic E-state index is 0.301. The SMILES string of the molecule is CCC(C)CC(CC)(Nc1cccc(F)c1)C(=O)OC. The number of anilines is 1. The Morgan fingerprint density at radius 3 is 2.65 bits per heavy atom. The molecule has 0 aromatic heterocycles. The Kier molecular flexibility index (Phi) is 5.99. The molecule has 1 aromatic carbocycles. The van der Waals surface area contributed by atoms with Crippen LogP contribution in [0.1, 0.15) is 40.0 Å². The maximum absolute atomic E-state index is 13.3. The lowest BCUT2D eigenvalue weighted by atomic mass is 9.84. The Hall–Kier alpha value is -1.58. The third kappa shape index (κ3) is 3.95. The molecule has 3 nitrogen and oxygen atoms in total. The van der Waals surface area contributed by atoms with Gasteiger partial charge in [-0.05, 0) is 37.0 Å². The van der Waals surface area contributed by atoms with Gasteiger partial charge in [0.05, 0.1) is 7.11 Å². The highest BCUT2D eigenvalue weighted by Gasteiger charge is 2.38. The van der Waals surface area contributed by atoms with Gasteiger partial charge in [0.2, 0.25) is 0 Å². The van der Waals surface area contributed by atoms with Crippen molar-refractivity contribution in [1.82, 2.24) is 0 Å². The van der Waals surface area contributed by atoms with E-state index in [1.54, 1.807) is 12.1 Å². The molecule has 1 N–H and O–H groups in total. The minimum atomic E-state index is -0.808. The number of esters is 1. The molecule has 0 saturated carbocycles. The van der Waals surface area contributed by atoms with Gasteiger partial charge in [0.1, 0.15) is 11.4 Å². The second-order valence-electron chi connectivity index (χ2n) is 5.28. The molecule has 0 radical (unpaired) electrons. The molecule has 20 heavy (non-hydrogen) atoms. The maximum Gasteiger partial charge on any atom is 0.331 e. The van der Waals surface area contributed by atoms with Crippen LogP contribution >= 0.6 is 0 Å².